The molecule has 6 nitrogen and oxygen atoms in total. The van der Waals surface area contributed by atoms with Gasteiger partial charge in [-0.25, -0.2) is 9.97 Å². The number of aryl methyl sites for hydroxylation is 1. The van der Waals surface area contributed by atoms with Gasteiger partial charge in [0, 0.05) is 30.9 Å². The van der Waals surface area contributed by atoms with Gasteiger partial charge >= 0.3 is 0 Å². The summed E-state index contributed by atoms with van der Waals surface area (Å²) in [7, 11) is 0. The molecule has 1 amide bonds. The molecule has 2 aromatic carbocycles. The van der Waals surface area contributed by atoms with E-state index in [0.717, 1.165) is 28.6 Å². The summed E-state index contributed by atoms with van der Waals surface area (Å²) >= 11 is 1.51. The Balaban J connectivity index is 1.21. The molecule has 0 bridgehead atoms. The summed E-state index contributed by atoms with van der Waals surface area (Å²) in [5.41, 5.74) is 4.21. The third kappa shape index (κ3) is 6.26. The minimum Gasteiger partial charge on any atom is -0.486 e. The molecule has 0 saturated carbocycles. The first kappa shape index (κ1) is 20.8. The van der Waals surface area contributed by atoms with Gasteiger partial charge in [0.05, 0.1) is 18.4 Å². The number of benzene rings is 2. The maximum Gasteiger partial charge on any atom is 0.226 e. The zero-order valence-corrected chi connectivity index (χ0v) is 18.1. The van der Waals surface area contributed by atoms with Gasteiger partial charge in [-0.2, -0.15) is 0 Å². The van der Waals surface area contributed by atoms with Crippen molar-refractivity contribution in [2.75, 3.05) is 0 Å². The molecule has 0 spiro atoms. The number of amides is 1. The van der Waals surface area contributed by atoms with E-state index in [9.17, 15) is 4.79 Å². The number of hydrogen-bond acceptors (Lipinski definition) is 5. The molecular weight excluding hydrogens is 408 g/mol. The van der Waals surface area contributed by atoms with E-state index in [1.165, 1.54) is 22.5 Å². The summed E-state index contributed by atoms with van der Waals surface area (Å²) in [6.45, 7) is 3.73. The van der Waals surface area contributed by atoms with Gasteiger partial charge < -0.3 is 14.6 Å². The van der Waals surface area contributed by atoms with Crippen LogP contribution in [-0.4, -0.2) is 20.4 Å². The van der Waals surface area contributed by atoms with Gasteiger partial charge in [-0.05, 0) is 30.2 Å². The fourth-order valence-electron chi connectivity index (χ4n) is 3.06. The number of rotatable bonds is 9. The van der Waals surface area contributed by atoms with Crippen LogP contribution in [0, 0.1) is 6.92 Å². The Bertz CT molecular complexity index is 1100. The van der Waals surface area contributed by atoms with E-state index in [4.69, 9.17) is 4.74 Å². The number of ether oxygens (including phenoxy) is 1. The minimum absolute atomic E-state index is 0.0428. The Morgan fingerprint density at radius 3 is 2.61 bits per heavy atom. The van der Waals surface area contributed by atoms with Crippen molar-refractivity contribution >= 4 is 17.2 Å². The Kier molecular flexibility index (Phi) is 6.74. The summed E-state index contributed by atoms with van der Waals surface area (Å²) < 4.78 is 7.77. The topological polar surface area (TPSA) is 69.0 Å². The lowest BCUT2D eigenvalue weighted by Gasteiger charge is -2.07. The summed E-state index contributed by atoms with van der Waals surface area (Å²) in [6, 6.07) is 16.1. The number of thiazole rings is 1. The fraction of sp³-hybridized carbons (Fsp3) is 0.208. The summed E-state index contributed by atoms with van der Waals surface area (Å²) in [4.78, 5) is 20.9. The number of imidazole rings is 1. The lowest BCUT2D eigenvalue weighted by Crippen LogP contribution is -2.24. The molecular formula is C24H24N4O2S. The standard InChI is InChI=1S/C24H24N4O2S/c1-18-2-8-22(9-3-18)30-15-24-27-21(16-31-24)12-23(29)26-13-19-4-6-20(7-5-19)14-28-11-10-25-17-28/h2-11,16-17H,12-15H2,1H3,(H,26,29). The lowest BCUT2D eigenvalue weighted by atomic mass is 10.1. The van der Waals surface area contributed by atoms with Gasteiger partial charge in [0.1, 0.15) is 17.4 Å². The van der Waals surface area contributed by atoms with E-state index in [2.05, 4.69) is 27.4 Å². The van der Waals surface area contributed by atoms with Crippen LogP contribution in [-0.2, 0) is 30.9 Å². The van der Waals surface area contributed by atoms with Gasteiger partial charge in [-0.1, -0.05) is 42.0 Å². The molecule has 0 radical (unpaired) electrons. The van der Waals surface area contributed by atoms with Crippen LogP contribution in [0.1, 0.15) is 27.4 Å². The molecule has 1 N–H and O–H groups in total. The van der Waals surface area contributed by atoms with Crippen LogP contribution in [0.5, 0.6) is 5.75 Å². The van der Waals surface area contributed by atoms with Crippen molar-refractivity contribution in [1.82, 2.24) is 19.9 Å². The van der Waals surface area contributed by atoms with Crippen molar-refractivity contribution in [1.29, 1.82) is 0 Å². The summed E-state index contributed by atoms with van der Waals surface area (Å²) in [6.07, 6.45) is 5.77. The number of hydrogen-bond donors (Lipinski definition) is 1. The van der Waals surface area contributed by atoms with E-state index in [-0.39, 0.29) is 12.3 Å². The number of aromatic nitrogens is 3. The molecule has 0 fully saturated rings. The Morgan fingerprint density at radius 2 is 1.87 bits per heavy atom. The third-order valence-corrected chi connectivity index (χ3v) is 5.63. The average molecular weight is 433 g/mol. The molecule has 0 unspecified atom stereocenters. The van der Waals surface area contributed by atoms with Crippen LogP contribution in [0.3, 0.4) is 0 Å². The highest BCUT2D eigenvalue weighted by Gasteiger charge is 2.08. The van der Waals surface area contributed by atoms with Crippen molar-refractivity contribution in [3.05, 3.63) is 100 Å². The first-order valence-corrected chi connectivity index (χ1v) is 10.9. The Labute approximate surface area is 185 Å². The van der Waals surface area contributed by atoms with Crippen LogP contribution in [0.4, 0.5) is 0 Å². The van der Waals surface area contributed by atoms with Gasteiger partial charge in [0.25, 0.3) is 0 Å². The van der Waals surface area contributed by atoms with Crippen LogP contribution in [0.15, 0.2) is 72.6 Å². The molecule has 7 heteroatoms. The van der Waals surface area contributed by atoms with Crippen LogP contribution in [0.2, 0.25) is 0 Å². The second kappa shape index (κ2) is 10.0. The first-order chi connectivity index (χ1) is 15.1. The fourth-order valence-corrected chi connectivity index (χ4v) is 3.76. The molecule has 31 heavy (non-hydrogen) atoms. The Hall–Kier alpha value is -3.45. The number of nitrogens with zero attached hydrogens (tertiary/aromatic N) is 3. The normalized spacial score (nSPS) is 10.7. The maximum atomic E-state index is 12.3. The van der Waals surface area contributed by atoms with Gasteiger partial charge in [-0.3, -0.25) is 4.79 Å². The SMILES string of the molecule is Cc1ccc(OCc2nc(CC(=O)NCc3ccc(Cn4ccnc4)cc3)cs2)cc1. The quantitative estimate of drug-likeness (QED) is 0.432. The summed E-state index contributed by atoms with van der Waals surface area (Å²) in [5.74, 6) is 0.773. The maximum absolute atomic E-state index is 12.3. The van der Waals surface area contributed by atoms with Gasteiger partial charge in [0.15, 0.2) is 0 Å². The number of carbonyl (C=O) groups excluding carboxylic acids is 1. The molecule has 4 rings (SSSR count). The lowest BCUT2D eigenvalue weighted by molar-refractivity contribution is -0.120. The third-order valence-electron chi connectivity index (χ3n) is 4.76. The molecule has 0 aliphatic rings. The molecule has 0 atom stereocenters. The van der Waals surface area contributed by atoms with Crippen molar-refractivity contribution in [3.63, 3.8) is 0 Å². The van der Waals surface area contributed by atoms with Crippen LogP contribution in [0.25, 0.3) is 0 Å². The van der Waals surface area contributed by atoms with Crippen LogP contribution >= 0.6 is 11.3 Å². The molecule has 0 aliphatic heterocycles. The van der Waals surface area contributed by atoms with E-state index in [0.29, 0.717) is 13.2 Å². The van der Waals surface area contributed by atoms with Crippen molar-refractivity contribution in [3.8, 4) is 5.75 Å². The zero-order chi connectivity index (χ0) is 21.5. The van der Waals surface area contributed by atoms with Crippen molar-refractivity contribution in [2.24, 2.45) is 0 Å². The smallest absolute Gasteiger partial charge is 0.226 e. The predicted molar refractivity (Wildman–Crippen MR) is 121 cm³/mol. The average Bonchev–Trinajstić information content (AvgIpc) is 3.45. The molecule has 2 aromatic heterocycles. The highest BCUT2D eigenvalue weighted by molar-refractivity contribution is 7.09. The molecule has 0 saturated heterocycles. The molecule has 2 heterocycles. The second-order valence-electron chi connectivity index (χ2n) is 7.34. The predicted octanol–water partition coefficient (Wildman–Crippen LogP) is 4.13. The molecule has 158 valence electrons. The minimum atomic E-state index is -0.0428. The highest BCUT2D eigenvalue weighted by atomic mass is 32.1. The Morgan fingerprint density at radius 1 is 1.10 bits per heavy atom. The second-order valence-corrected chi connectivity index (χ2v) is 8.28. The monoisotopic (exact) mass is 432 g/mol. The van der Waals surface area contributed by atoms with Crippen LogP contribution < -0.4 is 10.1 Å². The summed E-state index contributed by atoms with van der Waals surface area (Å²) in [5, 5.41) is 5.74. The van der Waals surface area contributed by atoms with Gasteiger partial charge in [0.2, 0.25) is 5.91 Å². The van der Waals surface area contributed by atoms with Crippen molar-refractivity contribution in [2.45, 2.75) is 33.0 Å². The number of nitrogens with one attached hydrogen (secondary N) is 1. The van der Waals surface area contributed by atoms with E-state index >= 15 is 0 Å². The van der Waals surface area contributed by atoms with E-state index in [1.54, 1.807) is 12.5 Å². The van der Waals surface area contributed by atoms with Gasteiger partial charge in [-0.15, -0.1) is 11.3 Å². The number of carbonyl (C=O) groups is 1. The van der Waals surface area contributed by atoms with E-state index < -0.39 is 0 Å². The zero-order valence-electron chi connectivity index (χ0n) is 17.3. The highest BCUT2D eigenvalue weighted by Crippen LogP contribution is 2.16. The largest absolute Gasteiger partial charge is 0.486 e. The van der Waals surface area contributed by atoms with E-state index in [1.807, 2.05) is 59.5 Å². The molecule has 4 aromatic rings. The molecule has 0 aliphatic carbocycles. The first-order valence-electron chi connectivity index (χ1n) is 10.1. The van der Waals surface area contributed by atoms with Crippen molar-refractivity contribution < 1.29 is 9.53 Å².